The van der Waals surface area contributed by atoms with Gasteiger partial charge in [0.05, 0.1) is 22.2 Å². The highest BCUT2D eigenvalue weighted by Crippen LogP contribution is 2.20. The fraction of sp³-hybridized carbons (Fsp3) is 0.120. The number of hydrogen-bond acceptors (Lipinski definition) is 5. The maximum absolute atomic E-state index is 12.9. The largest absolute Gasteiger partial charge is 0.493 e. The molecule has 0 saturated carbocycles. The number of ether oxygens (including phenoxy) is 1. The molecule has 0 unspecified atom stereocenters. The molecule has 0 amide bonds. The summed E-state index contributed by atoms with van der Waals surface area (Å²) in [5, 5.41) is 0. The summed E-state index contributed by atoms with van der Waals surface area (Å²) in [6, 6.07) is 24.1. The predicted molar refractivity (Wildman–Crippen MR) is 129 cm³/mol. The van der Waals surface area contributed by atoms with E-state index < -0.39 is 0 Å². The third-order valence-corrected chi connectivity index (χ3v) is 6.89. The standard InChI is InChI=1S/C25H20N2O2S2/c1-17-9-11-20(12-10-17)30-14-13-29-19-6-4-5-18(15-19)16-23-24(28)27-22-8-3-2-7-21(22)26-25(27)31-23/h2-12,15-16H,13-14H2,1H3/b23-16+. The van der Waals surface area contributed by atoms with Crippen LogP contribution in [0.15, 0.2) is 82.5 Å². The van der Waals surface area contributed by atoms with E-state index in [1.54, 1.807) is 16.2 Å². The van der Waals surface area contributed by atoms with Crippen molar-refractivity contribution < 1.29 is 4.74 Å². The van der Waals surface area contributed by atoms with Gasteiger partial charge in [0.15, 0.2) is 4.96 Å². The van der Waals surface area contributed by atoms with Crippen LogP contribution in [0.25, 0.3) is 22.1 Å². The summed E-state index contributed by atoms with van der Waals surface area (Å²) in [6.45, 7) is 2.71. The fourth-order valence-corrected chi connectivity index (χ4v) is 5.13. The highest BCUT2D eigenvalue weighted by molar-refractivity contribution is 7.99. The van der Waals surface area contributed by atoms with Gasteiger partial charge in [0.2, 0.25) is 0 Å². The van der Waals surface area contributed by atoms with Crippen LogP contribution >= 0.6 is 23.1 Å². The van der Waals surface area contributed by atoms with E-state index in [0.717, 1.165) is 33.1 Å². The Hall–Kier alpha value is -3.09. The van der Waals surface area contributed by atoms with Crippen molar-refractivity contribution in [3.8, 4) is 5.75 Å². The van der Waals surface area contributed by atoms with Gasteiger partial charge in [0.25, 0.3) is 5.56 Å². The molecule has 0 bridgehead atoms. The van der Waals surface area contributed by atoms with E-state index in [-0.39, 0.29) is 5.56 Å². The van der Waals surface area contributed by atoms with Crippen LogP contribution in [0, 0.1) is 6.92 Å². The molecule has 154 valence electrons. The van der Waals surface area contributed by atoms with Crippen LogP contribution in [0.5, 0.6) is 5.75 Å². The molecule has 5 aromatic rings. The van der Waals surface area contributed by atoms with Crippen LogP contribution in [0.1, 0.15) is 11.1 Å². The second kappa shape index (κ2) is 8.57. The molecule has 0 radical (unpaired) electrons. The monoisotopic (exact) mass is 444 g/mol. The van der Waals surface area contributed by atoms with Gasteiger partial charge < -0.3 is 4.74 Å². The van der Waals surface area contributed by atoms with Gasteiger partial charge in [-0.15, -0.1) is 11.8 Å². The van der Waals surface area contributed by atoms with Crippen molar-refractivity contribution in [1.29, 1.82) is 0 Å². The smallest absolute Gasteiger partial charge is 0.274 e. The fourth-order valence-electron chi connectivity index (χ4n) is 3.41. The van der Waals surface area contributed by atoms with E-state index in [1.165, 1.54) is 21.8 Å². The molecule has 0 spiro atoms. The lowest BCUT2D eigenvalue weighted by Gasteiger charge is -2.07. The van der Waals surface area contributed by atoms with E-state index in [9.17, 15) is 4.79 Å². The number of thioether (sulfide) groups is 1. The van der Waals surface area contributed by atoms with E-state index in [1.807, 2.05) is 54.6 Å². The molecule has 0 aliphatic carbocycles. The van der Waals surface area contributed by atoms with Crippen LogP contribution < -0.4 is 14.8 Å². The van der Waals surface area contributed by atoms with Crippen LogP contribution in [0.4, 0.5) is 0 Å². The molecule has 4 nitrogen and oxygen atoms in total. The molecule has 0 aliphatic heterocycles. The number of thiazole rings is 1. The topological polar surface area (TPSA) is 43.6 Å². The zero-order valence-electron chi connectivity index (χ0n) is 16.9. The maximum Gasteiger partial charge on any atom is 0.274 e. The zero-order valence-corrected chi connectivity index (χ0v) is 18.6. The Morgan fingerprint density at radius 2 is 1.90 bits per heavy atom. The summed E-state index contributed by atoms with van der Waals surface area (Å²) < 4.78 is 8.28. The number of rotatable bonds is 6. The van der Waals surface area contributed by atoms with E-state index in [4.69, 9.17) is 4.74 Å². The van der Waals surface area contributed by atoms with Crippen molar-refractivity contribution in [3.63, 3.8) is 0 Å². The summed E-state index contributed by atoms with van der Waals surface area (Å²) in [5.41, 5.74) is 3.86. The highest BCUT2D eigenvalue weighted by atomic mass is 32.2. The van der Waals surface area contributed by atoms with Crippen molar-refractivity contribution in [2.75, 3.05) is 12.4 Å². The number of aromatic nitrogens is 2. The Balaban J connectivity index is 1.32. The average molecular weight is 445 g/mol. The molecule has 0 atom stereocenters. The Kier molecular flexibility index (Phi) is 5.49. The van der Waals surface area contributed by atoms with Gasteiger partial charge in [-0.25, -0.2) is 9.38 Å². The van der Waals surface area contributed by atoms with E-state index in [2.05, 4.69) is 36.2 Å². The van der Waals surface area contributed by atoms with Gasteiger partial charge in [0.1, 0.15) is 5.75 Å². The third-order valence-electron chi connectivity index (χ3n) is 4.94. The zero-order chi connectivity index (χ0) is 21.2. The second-order valence-corrected chi connectivity index (χ2v) is 9.39. The first-order chi connectivity index (χ1) is 15.2. The molecular weight excluding hydrogens is 424 g/mol. The van der Waals surface area contributed by atoms with Gasteiger partial charge >= 0.3 is 0 Å². The van der Waals surface area contributed by atoms with Crippen LogP contribution in [-0.2, 0) is 0 Å². The normalized spacial score (nSPS) is 12.1. The first kappa shape index (κ1) is 19.8. The highest BCUT2D eigenvalue weighted by Gasteiger charge is 2.10. The number of imidazole rings is 1. The minimum absolute atomic E-state index is 0.0329. The molecule has 0 fully saturated rings. The Labute approximate surface area is 187 Å². The van der Waals surface area contributed by atoms with Crippen LogP contribution in [0.2, 0.25) is 0 Å². The molecule has 31 heavy (non-hydrogen) atoms. The van der Waals surface area contributed by atoms with Gasteiger partial charge in [-0.2, -0.15) is 0 Å². The molecule has 2 heterocycles. The van der Waals surface area contributed by atoms with Gasteiger partial charge in [-0.05, 0) is 55.0 Å². The predicted octanol–water partition coefficient (Wildman–Crippen LogP) is 4.94. The second-order valence-electron chi connectivity index (χ2n) is 7.22. The lowest BCUT2D eigenvalue weighted by atomic mass is 10.2. The molecule has 0 saturated heterocycles. The minimum Gasteiger partial charge on any atom is -0.493 e. The Morgan fingerprint density at radius 1 is 1.06 bits per heavy atom. The Bertz CT molecular complexity index is 1470. The number of fused-ring (bicyclic) bond motifs is 3. The number of para-hydroxylation sites is 2. The molecule has 6 heteroatoms. The molecule has 5 rings (SSSR count). The lowest BCUT2D eigenvalue weighted by molar-refractivity contribution is 0.344. The average Bonchev–Trinajstić information content (AvgIpc) is 3.29. The van der Waals surface area contributed by atoms with Crippen molar-refractivity contribution in [1.82, 2.24) is 9.38 Å². The molecule has 2 aromatic heterocycles. The first-order valence-corrected chi connectivity index (χ1v) is 11.8. The Morgan fingerprint density at radius 3 is 2.77 bits per heavy atom. The third kappa shape index (κ3) is 4.22. The van der Waals surface area contributed by atoms with E-state index >= 15 is 0 Å². The number of aryl methyl sites for hydroxylation is 1. The van der Waals surface area contributed by atoms with Crippen molar-refractivity contribution in [3.05, 3.63) is 98.8 Å². The van der Waals surface area contributed by atoms with Crippen molar-refractivity contribution in [2.24, 2.45) is 0 Å². The number of benzene rings is 3. The summed E-state index contributed by atoms with van der Waals surface area (Å²) in [7, 11) is 0. The number of nitrogens with zero attached hydrogens (tertiary/aromatic N) is 2. The molecule has 0 N–H and O–H groups in total. The summed E-state index contributed by atoms with van der Waals surface area (Å²) in [5.74, 6) is 1.68. The van der Waals surface area contributed by atoms with E-state index in [0.29, 0.717) is 11.1 Å². The van der Waals surface area contributed by atoms with Gasteiger partial charge in [0, 0.05) is 10.6 Å². The summed E-state index contributed by atoms with van der Waals surface area (Å²) >= 11 is 3.19. The lowest BCUT2D eigenvalue weighted by Crippen LogP contribution is -2.22. The van der Waals surface area contributed by atoms with Crippen LogP contribution in [0.3, 0.4) is 0 Å². The van der Waals surface area contributed by atoms with Crippen molar-refractivity contribution in [2.45, 2.75) is 11.8 Å². The quantitative estimate of drug-likeness (QED) is 0.275. The van der Waals surface area contributed by atoms with Gasteiger partial charge in [-0.1, -0.05) is 53.3 Å². The van der Waals surface area contributed by atoms with Gasteiger partial charge in [-0.3, -0.25) is 4.79 Å². The first-order valence-electron chi connectivity index (χ1n) is 10.0. The molecular formula is C25H20N2O2S2. The summed E-state index contributed by atoms with van der Waals surface area (Å²) in [4.78, 5) is 19.5. The number of hydrogen-bond donors (Lipinski definition) is 0. The van der Waals surface area contributed by atoms with Crippen LogP contribution in [-0.4, -0.2) is 21.7 Å². The molecule has 0 aliphatic rings. The summed E-state index contributed by atoms with van der Waals surface area (Å²) in [6.07, 6.45) is 1.91. The SMILES string of the molecule is Cc1ccc(SCCOc2cccc(/C=c3/sc4nc5ccccc5n4c3=O)c2)cc1. The maximum atomic E-state index is 12.9. The minimum atomic E-state index is -0.0329. The molecule has 3 aromatic carbocycles. The van der Waals surface area contributed by atoms with Crippen molar-refractivity contribution >= 4 is 45.2 Å².